The highest BCUT2D eigenvalue weighted by Gasteiger charge is 2.10. The number of rotatable bonds is 3. The van der Waals surface area contributed by atoms with Crippen LogP contribution in [-0.2, 0) is 0 Å². The Bertz CT molecular complexity index is 542. The van der Waals surface area contributed by atoms with Crippen molar-refractivity contribution in [2.24, 2.45) is 0 Å². The SMILES string of the molecule is C(=C\c1ccncn1)/c1ccc(N2CCNC2)cc1. The van der Waals surface area contributed by atoms with E-state index in [0.717, 1.165) is 25.5 Å². The molecule has 1 aliphatic heterocycles. The number of hydrogen-bond acceptors (Lipinski definition) is 4. The van der Waals surface area contributed by atoms with Gasteiger partial charge in [-0.25, -0.2) is 9.97 Å². The zero-order valence-electron chi connectivity index (χ0n) is 10.7. The van der Waals surface area contributed by atoms with Crippen LogP contribution in [0.25, 0.3) is 12.2 Å². The van der Waals surface area contributed by atoms with Gasteiger partial charge >= 0.3 is 0 Å². The van der Waals surface area contributed by atoms with E-state index in [1.54, 1.807) is 12.5 Å². The Kier molecular flexibility index (Phi) is 3.51. The Morgan fingerprint density at radius 3 is 2.68 bits per heavy atom. The van der Waals surface area contributed by atoms with E-state index in [1.165, 1.54) is 11.3 Å². The molecule has 1 aliphatic rings. The van der Waals surface area contributed by atoms with Gasteiger partial charge in [0, 0.05) is 25.0 Å². The molecule has 1 N–H and O–H groups in total. The van der Waals surface area contributed by atoms with E-state index in [-0.39, 0.29) is 0 Å². The van der Waals surface area contributed by atoms with Crippen molar-refractivity contribution in [3.63, 3.8) is 0 Å². The molecule has 0 spiro atoms. The van der Waals surface area contributed by atoms with Gasteiger partial charge in [0.25, 0.3) is 0 Å². The molecule has 0 radical (unpaired) electrons. The first-order valence-electron chi connectivity index (χ1n) is 6.42. The fraction of sp³-hybridized carbons (Fsp3) is 0.200. The standard InChI is InChI=1S/C15H16N4/c1(4-14-7-8-16-11-18-14)13-2-5-15(6-3-13)19-10-9-17-12-19/h1-8,11,17H,9-10,12H2/b4-1+. The van der Waals surface area contributed by atoms with Crippen molar-refractivity contribution in [2.75, 3.05) is 24.7 Å². The first-order valence-corrected chi connectivity index (χ1v) is 6.42. The van der Waals surface area contributed by atoms with Crippen molar-refractivity contribution in [2.45, 2.75) is 0 Å². The zero-order chi connectivity index (χ0) is 12.9. The van der Waals surface area contributed by atoms with Crippen molar-refractivity contribution in [3.8, 4) is 0 Å². The predicted octanol–water partition coefficient (Wildman–Crippen LogP) is 2.01. The van der Waals surface area contributed by atoms with Crippen LogP contribution in [0, 0.1) is 0 Å². The molecule has 96 valence electrons. The lowest BCUT2D eigenvalue weighted by molar-refractivity contribution is 0.855. The van der Waals surface area contributed by atoms with Crippen molar-refractivity contribution < 1.29 is 0 Å². The molecular weight excluding hydrogens is 236 g/mol. The summed E-state index contributed by atoms with van der Waals surface area (Å²) in [6.45, 7) is 3.08. The molecular formula is C15H16N4. The molecule has 0 atom stereocenters. The Balaban J connectivity index is 1.70. The van der Waals surface area contributed by atoms with E-state index in [9.17, 15) is 0 Å². The summed E-state index contributed by atoms with van der Waals surface area (Å²) < 4.78 is 0. The number of hydrogen-bond donors (Lipinski definition) is 1. The maximum atomic E-state index is 4.16. The molecule has 2 aromatic rings. The normalized spacial score (nSPS) is 15.3. The number of benzene rings is 1. The minimum Gasteiger partial charge on any atom is -0.357 e. The number of anilines is 1. The van der Waals surface area contributed by atoms with Crippen LogP contribution in [-0.4, -0.2) is 29.7 Å². The lowest BCUT2D eigenvalue weighted by atomic mass is 10.1. The maximum Gasteiger partial charge on any atom is 0.115 e. The maximum absolute atomic E-state index is 4.16. The van der Waals surface area contributed by atoms with Crippen molar-refractivity contribution >= 4 is 17.8 Å². The van der Waals surface area contributed by atoms with E-state index >= 15 is 0 Å². The summed E-state index contributed by atoms with van der Waals surface area (Å²) in [5, 5.41) is 3.33. The van der Waals surface area contributed by atoms with Gasteiger partial charge in [0.05, 0.1) is 12.4 Å². The lowest BCUT2D eigenvalue weighted by Crippen LogP contribution is -2.20. The fourth-order valence-electron chi connectivity index (χ4n) is 2.10. The average molecular weight is 252 g/mol. The van der Waals surface area contributed by atoms with Crippen LogP contribution in [0.5, 0.6) is 0 Å². The van der Waals surface area contributed by atoms with E-state index < -0.39 is 0 Å². The van der Waals surface area contributed by atoms with Gasteiger partial charge in [-0.1, -0.05) is 18.2 Å². The first kappa shape index (κ1) is 11.9. The smallest absolute Gasteiger partial charge is 0.115 e. The van der Waals surface area contributed by atoms with Gasteiger partial charge in [-0.15, -0.1) is 0 Å². The van der Waals surface area contributed by atoms with E-state index in [0.29, 0.717) is 0 Å². The van der Waals surface area contributed by atoms with Crippen molar-refractivity contribution in [1.29, 1.82) is 0 Å². The summed E-state index contributed by atoms with van der Waals surface area (Å²) in [5.41, 5.74) is 3.36. The highest BCUT2D eigenvalue weighted by Crippen LogP contribution is 2.17. The summed E-state index contributed by atoms with van der Waals surface area (Å²) in [6, 6.07) is 10.5. The molecule has 0 amide bonds. The zero-order valence-corrected chi connectivity index (χ0v) is 10.7. The highest BCUT2D eigenvalue weighted by molar-refractivity contribution is 5.68. The van der Waals surface area contributed by atoms with Gasteiger partial charge in [-0.2, -0.15) is 0 Å². The van der Waals surface area contributed by atoms with Crippen molar-refractivity contribution in [1.82, 2.24) is 15.3 Å². The molecule has 19 heavy (non-hydrogen) atoms. The van der Waals surface area contributed by atoms with Gasteiger partial charge in [-0.3, -0.25) is 5.32 Å². The molecule has 1 saturated heterocycles. The van der Waals surface area contributed by atoms with E-state index in [1.807, 2.05) is 12.1 Å². The second-order valence-electron chi connectivity index (χ2n) is 4.48. The second kappa shape index (κ2) is 5.63. The predicted molar refractivity (Wildman–Crippen MR) is 77.6 cm³/mol. The molecule has 1 aromatic carbocycles. The van der Waals surface area contributed by atoms with Gasteiger partial charge in [-0.05, 0) is 29.8 Å². The minimum absolute atomic E-state index is 0.919. The first-order chi connectivity index (χ1) is 9.42. The van der Waals surface area contributed by atoms with Crippen LogP contribution in [0.15, 0.2) is 42.9 Å². The summed E-state index contributed by atoms with van der Waals surface area (Å²) in [5.74, 6) is 0. The summed E-state index contributed by atoms with van der Waals surface area (Å²) in [7, 11) is 0. The van der Waals surface area contributed by atoms with E-state index in [4.69, 9.17) is 0 Å². The monoisotopic (exact) mass is 252 g/mol. The minimum atomic E-state index is 0.919. The van der Waals surface area contributed by atoms with Crippen LogP contribution in [0.2, 0.25) is 0 Å². The molecule has 0 aliphatic carbocycles. The van der Waals surface area contributed by atoms with Crippen molar-refractivity contribution in [3.05, 3.63) is 54.1 Å². The number of aromatic nitrogens is 2. The van der Waals surface area contributed by atoms with Crippen LogP contribution < -0.4 is 10.2 Å². The average Bonchev–Trinajstić information content (AvgIpc) is 3.01. The molecule has 1 aromatic heterocycles. The molecule has 1 fully saturated rings. The molecule has 3 rings (SSSR count). The van der Waals surface area contributed by atoms with E-state index in [2.05, 4.69) is 50.5 Å². The third kappa shape index (κ3) is 2.98. The Hall–Kier alpha value is -2.20. The molecule has 0 bridgehead atoms. The Morgan fingerprint density at radius 2 is 2.00 bits per heavy atom. The molecule has 0 unspecified atom stereocenters. The van der Waals surface area contributed by atoms with Crippen LogP contribution >= 0.6 is 0 Å². The highest BCUT2D eigenvalue weighted by atomic mass is 15.3. The molecule has 4 nitrogen and oxygen atoms in total. The number of nitrogens with zero attached hydrogens (tertiary/aromatic N) is 3. The summed E-state index contributed by atoms with van der Waals surface area (Å²) in [4.78, 5) is 10.4. The van der Waals surface area contributed by atoms with Gasteiger partial charge in [0.1, 0.15) is 6.33 Å². The van der Waals surface area contributed by atoms with Gasteiger partial charge in [0.15, 0.2) is 0 Å². The summed E-state index contributed by atoms with van der Waals surface area (Å²) >= 11 is 0. The summed E-state index contributed by atoms with van der Waals surface area (Å²) in [6.07, 6.45) is 7.36. The van der Waals surface area contributed by atoms with Gasteiger partial charge in [0.2, 0.25) is 0 Å². The largest absolute Gasteiger partial charge is 0.357 e. The Labute approximate surface area is 112 Å². The van der Waals surface area contributed by atoms with Crippen LogP contribution in [0.4, 0.5) is 5.69 Å². The number of nitrogens with one attached hydrogen (secondary N) is 1. The lowest BCUT2D eigenvalue weighted by Gasteiger charge is -2.16. The van der Waals surface area contributed by atoms with Crippen LogP contribution in [0.1, 0.15) is 11.3 Å². The molecule has 2 heterocycles. The Morgan fingerprint density at radius 1 is 1.11 bits per heavy atom. The topological polar surface area (TPSA) is 41.1 Å². The molecule has 0 saturated carbocycles. The van der Waals surface area contributed by atoms with Gasteiger partial charge < -0.3 is 4.90 Å². The van der Waals surface area contributed by atoms with Crippen LogP contribution in [0.3, 0.4) is 0 Å². The second-order valence-corrected chi connectivity index (χ2v) is 4.48. The third-order valence-electron chi connectivity index (χ3n) is 3.17. The fourth-order valence-corrected chi connectivity index (χ4v) is 2.10. The quantitative estimate of drug-likeness (QED) is 0.907. The third-order valence-corrected chi connectivity index (χ3v) is 3.17. The molecule has 4 heteroatoms.